The van der Waals surface area contributed by atoms with Gasteiger partial charge in [-0.2, -0.15) is 0 Å². The van der Waals surface area contributed by atoms with Gasteiger partial charge in [0.05, 0.1) is 12.4 Å². The van der Waals surface area contributed by atoms with E-state index in [0.717, 1.165) is 0 Å². The third-order valence-electron chi connectivity index (χ3n) is 1.80. The summed E-state index contributed by atoms with van der Waals surface area (Å²) >= 11 is 0. The van der Waals surface area contributed by atoms with Crippen molar-refractivity contribution < 1.29 is 59.4 Å². The molecule has 0 rings (SSSR count). The molecule has 0 atom stereocenters. The van der Waals surface area contributed by atoms with Crippen LogP contribution in [0, 0.1) is 0 Å². The van der Waals surface area contributed by atoms with E-state index in [2.05, 4.69) is 0 Å². The van der Waals surface area contributed by atoms with Crippen LogP contribution >= 0.6 is 0 Å². The summed E-state index contributed by atoms with van der Waals surface area (Å²) in [5.74, 6) is -10.8. The fourth-order valence-electron chi connectivity index (χ4n) is 0.891. The number of Topliss-reactive ketones (excluding diaryl/α,β-unsaturated/α-hetero) is 1. The average Bonchev–Trinajstić information content (AvgIpc) is 2.25. The molecule has 12 heteroatoms. The predicted octanol–water partition coefficient (Wildman–Crippen LogP) is -7.47. The van der Waals surface area contributed by atoms with Crippen LogP contribution in [0.5, 0.6) is 0 Å². The summed E-state index contributed by atoms with van der Waals surface area (Å²) in [5.41, 5.74) is -2.97. The second kappa shape index (κ2) is 9.02. The van der Waals surface area contributed by atoms with Gasteiger partial charge >= 0.3 is 5.97 Å². The Bertz CT molecular complexity index is 474. The van der Waals surface area contributed by atoms with Crippen LogP contribution in [-0.2, 0) is 28.8 Å². The largest absolute Gasteiger partial charge is 0.550 e. The van der Waals surface area contributed by atoms with Crippen LogP contribution in [-0.4, -0.2) is 51.4 Å². The summed E-state index contributed by atoms with van der Waals surface area (Å²) in [4.78, 5) is 59.0. The maximum absolute atomic E-state index is 10.1. The van der Waals surface area contributed by atoms with Gasteiger partial charge < -0.3 is 49.8 Å². The van der Waals surface area contributed by atoms with Crippen LogP contribution < -0.4 is 20.4 Å². The highest BCUT2D eigenvalue weighted by atomic mass is 16.4. The number of rotatable bonds is 8. The first-order valence-electron chi connectivity index (χ1n) is 5.11. The van der Waals surface area contributed by atoms with Crippen molar-refractivity contribution in [3.05, 3.63) is 0 Å². The Morgan fingerprint density at radius 2 is 1.14 bits per heavy atom. The summed E-state index contributed by atoms with van der Waals surface area (Å²) in [6.07, 6.45) is -3.78. The van der Waals surface area contributed by atoms with Crippen molar-refractivity contribution in [3.63, 3.8) is 0 Å². The number of carbonyl (C=O) groups excluding carboxylic acids is 5. The van der Waals surface area contributed by atoms with E-state index < -0.39 is 60.5 Å². The fourth-order valence-corrected chi connectivity index (χ4v) is 0.891. The zero-order chi connectivity index (χ0) is 18.1. The van der Waals surface area contributed by atoms with Crippen LogP contribution in [0.2, 0.25) is 0 Å². The van der Waals surface area contributed by atoms with Gasteiger partial charge in [0.1, 0.15) is 5.60 Å². The van der Waals surface area contributed by atoms with Gasteiger partial charge in [-0.25, -0.2) is 4.79 Å². The average molecular weight is 320 g/mol. The Balaban J connectivity index is 0. The lowest BCUT2D eigenvalue weighted by Crippen LogP contribution is -2.54. The zero-order valence-corrected chi connectivity index (χ0v) is 10.6. The van der Waals surface area contributed by atoms with Gasteiger partial charge in [-0.3, -0.25) is 4.79 Å². The maximum Gasteiger partial charge on any atom is 0.372 e. The second-order valence-corrected chi connectivity index (χ2v) is 3.69. The van der Waals surface area contributed by atoms with Crippen LogP contribution in [0.3, 0.4) is 0 Å². The molecule has 0 saturated carbocycles. The minimum absolute atomic E-state index is 1.06. The van der Waals surface area contributed by atoms with E-state index in [0.29, 0.717) is 0 Å². The van der Waals surface area contributed by atoms with Crippen LogP contribution in [0.4, 0.5) is 0 Å². The van der Waals surface area contributed by atoms with Crippen molar-refractivity contribution in [2.75, 3.05) is 0 Å². The summed E-state index contributed by atoms with van der Waals surface area (Å²) < 4.78 is 0. The molecule has 0 aliphatic carbocycles. The first-order valence-corrected chi connectivity index (χ1v) is 5.11. The Morgan fingerprint density at radius 3 is 1.27 bits per heavy atom. The van der Waals surface area contributed by atoms with Crippen molar-refractivity contribution in [2.24, 2.45) is 0 Å². The molecule has 0 saturated heterocycles. The molecule has 0 fully saturated rings. The molecule has 0 radical (unpaired) electrons. The Labute approximate surface area is 121 Å². The van der Waals surface area contributed by atoms with E-state index in [9.17, 15) is 49.2 Å². The van der Waals surface area contributed by atoms with Crippen molar-refractivity contribution in [1.29, 1.82) is 0 Å². The third-order valence-corrected chi connectivity index (χ3v) is 1.80. The Kier molecular flexibility index (Phi) is 8.72. The van der Waals surface area contributed by atoms with E-state index >= 15 is 0 Å². The molecule has 0 bridgehead atoms. The van der Waals surface area contributed by atoms with Gasteiger partial charge in [-0.15, -0.1) is 0 Å². The topological polar surface area (TPSA) is 235 Å². The number of ketones is 1. The summed E-state index contributed by atoms with van der Waals surface area (Å²) in [6, 6.07) is 0. The lowest BCUT2D eigenvalue weighted by Gasteiger charge is -2.29. The molecule has 2 N–H and O–H groups in total. The molecule has 0 spiro atoms. The van der Waals surface area contributed by atoms with Crippen molar-refractivity contribution in [2.45, 2.75) is 24.9 Å². The molecule has 22 heavy (non-hydrogen) atoms. The minimum atomic E-state index is -2.97. The summed E-state index contributed by atoms with van der Waals surface area (Å²) in [7, 11) is 0. The van der Waals surface area contributed by atoms with Crippen LogP contribution in [0.25, 0.3) is 0 Å². The van der Waals surface area contributed by atoms with Gasteiger partial charge in [0.15, 0.2) is 0 Å². The zero-order valence-electron chi connectivity index (χ0n) is 10.6. The van der Waals surface area contributed by atoms with Crippen molar-refractivity contribution in [3.8, 4) is 0 Å². The monoisotopic (exact) mass is 320 g/mol. The van der Waals surface area contributed by atoms with E-state index in [4.69, 9.17) is 10.2 Å². The molecule has 0 amide bonds. The smallest absolute Gasteiger partial charge is 0.372 e. The van der Waals surface area contributed by atoms with E-state index in [1.165, 1.54) is 0 Å². The van der Waals surface area contributed by atoms with Gasteiger partial charge in [0.2, 0.25) is 5.78 Å². The Hall–Kier alpha value is -3.02. The Morgan fingerprint density at radius 1 is 0.773 bits per heavy atom. The molecule has 124 valence electrons. The lowest BCUT2D eigenvalue weighted by molar-refractivity contribution is -0.339. The number of carboxylic acids is 5. The highest BCUT2D eigenvalue weighted by Crippen LogP contribution is 2.13. The normalized spacial score (nSPS) is 9.86. The third kappa shape index (κ3) is 9.85. The fraction of sp³-hybridized carbons (Fsp3) is 0.400. The highest BCUT2D eigenvalue weighted by molar-refractivity contribution is 6.35. The maximum atomic E-state index is 10.1. The van der Waals surface area contributed by atoms with E-state index in [-0.39, 0.29) is 0 Å². The number of hydrogen-bond donors (Lipinski definition) is 2. The quantitative estimate of drug-likeness (QED) is 0.313. The minimum Gasteiger partial charge on any atom is -0.550 e. The molecule has 0 aromatic carbocycles. The van der Waals surface area contributed by atoms with Crippen molar-refractivity contribution >= 4 is 35.6 Å². The number of hydrogen-bond acceptors (Lipinski definition) is 11. The first-order chi connectivity index (χ1) is 9.81. The second-order valence-electron chi connectivity index (χ2n) is 3.69. The van der Waals surface area contributed by atoms with E-state index in [1.807, 2.05) is 0 Å². The standard InChI is InChI=1S/C6H8O7.C4H4O5/c7-3(8)1-6(13,5(11)12)2-4(9)10;5-2(4(8)9)1-3(6)7/h13H,1-2H2,(H,7,8)(H,9,10)(H,11,12);1H2,(H,6,7)(H,8,9)/p-4. The van der Waals surface area contributed by atoms with Gasteiger partial charge in [0.25, 0.3) is 0 Å². The summed E-state index contributed by atoms with van der Waals surface area (Å²) in [6.45, 7) is 0. The molecule has 0 unspecified atom stereocenters. The van der Waals surface area contributed by atoms with Gasteiger partial charge in [-0.1, -0.05) is 0 Å². The molecule has 0 aromatic heterocycles. The molecule has 0 aromatic rings. The van der Waals surface area contributed by atoms with Crippen LogP contribution in [0.1, 0.15) is 19.3 Å². The van der Waals surface area contributed by atoms with Gasteiger partial charge in [0, 0.05) is 30.7 Å². The number of carbonyl (C=O) groups is 6. The van der Waals surface area contributed by atoms with Gasteiger partial charge in [-0.05, 0) is 0 Å². The SMILES string of the molecule is O=C([O-])CC(=O)C(=O)O.O=C([O-])CC(O)(CC(=O)[O-])C(=O)[O-]. The number of carboxylic acid groups (broad SMARTS) is 5. The van der Waals surface area contributed by atoms with E-state index in [1.54, 1.807) is 0 Å². The first kappa shape index (κ1) is 21.3. The van der Waals surface area contributed by atoms with Crippen LogP contribution in [0.15, 0.2) is 0 Å². The number of aliphatic hydroxyl groups is 1. The van der Waals surface area contributed by atoms with Crippen molar-refractivity contribution in [1.82, 2.24) is 0 Å². The molecular formula is C10H8O12-4. The predicted molar refractivity (Wildman–Crippen MR) is 51.5 cm³/mol. The lowest BCUT2D eigenvalue weighted by atomic mass is 9.96. The number of aliphatic carboxylic acids is 5. The molecule has 0 heterocycles. The molecule has 12 nitrogen and oxygen atoms in total. The summed E-state index contributed by atoms with van der Waals surface area (Å²) in [5, 5.41) is 56.2. The molecular weight excluding hydrogens is 312 g/mol. The molecule has 0 aliphatic heterocycles. The molecule has 0 aliphatic rings. The highest BCUT2D eigenvalue weighted by Gasteiger charge is 2.29.